The van der Waals surface area contributed by atoms with Crippen LogP contribution < -0.4 is 0 Å². The van der Waals surface area contributed by atoms with Gasteiger partial charge in [-0.2, -0.15) is 0 Å². The predicted octanol–water partition coefficient (Wildman–Crippen LogP) is 4.97. The number of nitrogens with zero attached hydrogens (tertiary/aromatic N) is 1. The second-order valence-corrected chi connectivity index (χ2v) is 8.38. The molecule has 0 radical (unpaired) electrons. The Morgan fingerprint density at radius 3 is 2.26 bits per heavy atom. The first-order chi connectivity index (χ1) is 12.9. The van der Waals surface area contributed by atoms with E-state index >= 15 is 0 Å². The third kappa shape index (κ3) is 4.16. The highest BCUT2D eigenvalue weighted by molar-refractivity contribution is 8.03. The zero-order valence-electron chi connectivity index (χ0n) is 16.3. The average molecular weight is 380 g/mol. The number of thioether (sulfide) groups is 1. The number of imide groups is 1. The standard InChI is InChI=1S/C23H25NO2S/c1-15(2)13-24-22(25)20(19-11-10-16(3)17(4)12-19)21(23(24)26)27-14-18-8-6-5-7-9-18/h5-12,15H,13-14H2,1-4H3. The Hall–Kier alpha value is -2.33. The van der Waals surface area contributed by atoms with Crippen molar-refractivity contribution in [2.45, 2.75) is 33.4 Å². The van der Waals surface area contributed by atoms with Crippen LogP contribution >= 0.6 is 11.8 Å². The summed E-state index contributed by atoms with van der Waals surface area (Å²) in [5.41, 5.74) is 4.81. The quantitative estimate of drug-likeness (QED) is 0.665. The van der Waals surface area contributed by atoms with Crippen molar-refractivity contribution in [3.63, 3.8) is 0 Å². The van der Waals surface area contributed by atoms with Gasteiger partial charge in [-0.25, -0.2) is 0 Å². The molecule has 1 heterocycles. The van der Waals surface area contributed by atoms with Crippen LogP contribution in [-0.4, -0.2) is 23.3 Å². The molecule has 0 saturated heterocycles. The van der Waals surface area contributed by atoms with Gasteiger partial charge in [-0.05, 0) is 42.0 Å². The van der Waals surface area contributed by atoms with Crippen molar-refractivity contribution in [3.05, 3.63) is 75.7 Å². The lowest BCUT2D eigenvalue weighted by atomic mass is 10.0. The Labute approximate surface area is 165 Å². The zero-order chi connectivity index (χ0) is 19.6. The van der Waals surface area contributed by atoms with Gasteiger partial charge >= 0.3 is 0 Å². The van der Waals surface area contributed by atoms with Gasteiger partial charge in [0, 0.05) is 12.3 Å². The van der Waals surface area contributed by atoms with Crippen LogP contribution in [0.25, 0.3) is 5.57 Å². The van der Waals surface area contributed by atoms with Crippen molar-refractivity contribution in [3.8, 4) is 0 Å². The molecule has 2 aromatic carbocycles. The fourth-order valence-corrected chi connectivity index (χ4v) is 4.19. The lowest BCUT2D eigenvalue weighted by Crippen LogP contribution is -2.34. The highest BCUT2D eigenvalue weighted by Gasteiger charge is 2.39. The molecule has 3 nitrogen and oxygen atoms in total. The molecule has 3 rings (SSSR count). The van der Waals surface area contributed by atoms with Crippen molar-refractivity contribution < 1.29 is 9.59 Å². The summed E-state index contributed by atoms with van der Waals surface area (Å²) in [4.78, 5) is 28.1. The van der Waals surface area contributed by atoms with Crippen LogP contribution in [0.3, 0.4) is 0 Å². The summed E-state index contributed by atoms with van der Waals surface area (Å²) in [6.07, 6.45) is 0. The van der Waals surface area contributed by atoms with Gasteiger partial charge in [0.2, 0.25) is 0 Å². The Balaban J connectivity index is 1.99. The van der Waals surface area contributed by atoms with Crippen molar-refractivity contribution in [2.75, 3.05) is 6.54 Å². The molecule has 0 saturated carbocycles. The fourth-order valence-electron chi connectivity index (χ4n) is 3.10. The van der Waals surface area contributed by atoms with Crippen molar-refractivity contribution in [2.24, 2.45) is 5.92 Å². The van der Waals surface area contributed by atoms with E-state index in [0.29, 0.717) is 22.8 Å². The summed E-state index contributed by atoms with van der Waals surface area (Å²) in [7, 11) is 0. The van der Waals surface area contributed by atoms with E-state index in [2.05, 4.69) is 0 Å². The van der Waals surface area contributed by atoms with Crippen LogP contribution in [0, 0.1) is 19.8 Å². The number of rotatable bonds is 6. The molecule has 0 bridgehead atoms. The average Bonchev–Trinajstić information content (AvgIpc) is 2.87. The minimum absolute atomic E-state index is 0.164. The van der Waals surface area contributed by atoms with Gasteiger partial charge < -0.3 is 0 Å². The van der Waals surface area contributed by atoms with E-state index in [0.717, 1.165) is 16.7 Å². The third-order valence-corrected chi connectivity index (χ3v) is 5.84. The van der Waals surface area contributed by atoms with Crippen LogP contribution in [0.5, 0.6) is 0 Å². The maximum absolute atomic E-state index is 13.1. The summed E-state index contributed by atoms with van der Waals surface area (Å²) < 4.78 is 0. The van der Waals surface area contributed by atoms with E-state index in [1.165, 1.54) is 22.2 Å². The Bertz CT molecular complexity index is 900. The Morgan fingerprint density at radius 1 is 0.926 bits per heavy atom. The highest BCUT2D eigenvalue weighted by atomic mass is 32.2. The van der Waals surface area contributed by atoms with Crippen molar-refractivity contribution >= 4 is 29.1 Å². The van der Waals surface area contributed by atoms with Crippen molar-refractivity contribution in [1.82, 2.24) is 4.90 Å². The van der Waals surface area contributed by atoms with Gasteiger partial charge in [0.25, 0.3) is 11.8 Å². The first kappa shape index (κ1) is 19.4. The molecule has 0 fully saturated rings. The number of amides is 2. The maximum Gasteiger partial charge on any atom is 0.268 e. The Kier molecular flexibility index (Phi) is 5.85. The van der Waals surface area contributed by atoms with Gasteiger partial charge in [-0.15, -0.1) is 11.8 Å². The molecule has 0 atom stereocenters. The van der Waals surface area contributed by atoms with Gasteiger partial charge in [-0.1, -0.05) is 62.4 Å². The topological polar surface area (TPSA) is 37.4 Å². The molecule has 0 unspecified atom stereocenters. The Morgan fingerprint density at radius 2 is 1.63 bits per heavy atom. The number of hydrogen-bond acceptors (Lipinski definition) is 3. The van der Waals surface area contributed by atoms with Crippen LogP contribution in [-0.2, 0) is 15.3 Å². The monoisotopic (exact) mass is 379 g/mol. The molecule has 1 aliphatic heterocycles. The second kappa shape index (κ2) is 8.13. The number of aryl methyl sites for hydroxylation is 2. The van der Waals surface area contributed by atoms with Crippen LogP contribution in [0.1, 0.15) is 36.1 Å². The SMILES string of the molecule is Cc1ccc(C2=C(SCc3ccccc3)C(=O)N(CC(C)C)C2=O)cc1C. The van der Waals surface area contributed by atoms with Gasteiger partial charge in [0.15, 0.2) is 0 Å². The normalized spacial score (nSPS) is 14.6. The minimum atomic E-state index is -0.174. The van der Waals surface area contributed by atoms with E-state index in [-0.39, 0.29) is 17.7 Å². The van der Waals surface area contributed by atoms with E-state index in [4.69, 9.17) is 0 Å². The lowest BCUT2D eigenvalue weighted by Gasteiger charge is -2.17. The largest absolute Gasteiger partial charge is 0.274 e. The van der Waals surface area contributed by atoms with Crippen LogP contribution in [0.4, 0.5) is 0 Å². The lowest BCUT2D eigenvalue weighted by molar-refractivity contribution is -0.137. The van der Waals surface area contributed by atoms with Crippen LogP contribution in [0.15, 0.2) is 53.4 Å². The molecule has 2 aromatic rings. The number of carbonyl (C=O) groups is 2. The highest BCUT2D eigenvalue weighted by Crippen LogP contribution is 2.38. The number of benzene rings is 2. The van der Waals surface area contributed by atoms with E-state index in [1.807, 2.05) is 76.2 Å². The maximum atomic E-state index is 13.1. The summed E-state index contributed by atoms with van der Waals surface area (Å²) in [5.74, 6) is 0.562. The van der Waals surface area contributed by atoms with Crippen LogP contribution in [0.2, 0.25) is 0 Å². The molecule has 0 N–H and O–H groups in total. The minimum Gasteiger partial charge on any atom is -0.274 e. The zero-order valence-corrected chi connectivity index (χ0v) is 17.1. The predicted molar refractivity (Wildman–Crippen MR) is 112 cm³/mol. The first-order valence-corrected chi connectivity index (χ1v) is 10.2. The molecule has 4 heteroatoms. The molecular formula is C23H25NO2S. The van der Waals surface area contributed by atoms with E-state index < -0.39 is 0 Å². The van der Waals surface area contributed by atoms with Gasteiger partial charge in [0.1, 0.15) is 0 Å². The molecule has 0 spiro atoms. The molecular weight excluding hydrogens is 354 g/mol. The molecule has 140 valence electrons. The summed E-state index contributed by atoms with van der Waals surface area (Å²) in [5, 5.41) is 0. The molecule has 1 aliphatic rings. The van der Waals surface area contributed by atoms with Gasteiger partial charge in [0.05, 0.1) is 10.5 Å². The van der Waals surface area contributed by atoms with Gasteiger partial charge in [-0.3, -0.25) is 14.5 Å². The van der Waals surface area contributed by atoms with E-state index in [9.17, 15) is 9.59 Å². The number of carbonyl (C=O) groups excluding carboxylic acids is 2. The van der Waals surface area contributed by atoms with E-state index in [1.54, 1.807) is 0 Å². The smallest absolute Gasteiger partial charge is 0.268 e. The summed E-state index contributed by atoms with van der Waals surface area (Å²) >= 11 is 1.46. The third-order valence-electron chi connectivity index (χ3n) is 4.69. The first-order valence-electron chi connectivity index (χ1n) is 9.23. The fraction of sp³-hybridized carbons (Fsp3) is 0.304. The summed E-state index contributed by atoms with van der Waals surface area (Å²) in [6, 6.07) is 16.0. The molecule has 27 heavy (non-hydrogen) atoms. The number of hydrogen-bond donors (Lipinski definition) is 0. The van der Waals surface area contributed by atoms with Crippen molar-refractivity contribution in [1.29, 1.82) is 0 Å². The molecule has 2 amide bonds. The second-order valence-electron chi connectivity index (χ2n) is 7.39. The molecule has 0 aromatic heterocycles. The summed E-state index contributed by atoms with van der Waals surface area (Å²) in [6.45, 7) is 8.56. The molecule has 0 aliphatic carbocycles.